The van der Waals surface area contributed by atoms with Crippen LogP contribution in [0.2, 0.25) is 0 Å². The third-order valence-electron chi connectivity index (χ3n) is 4.36. The van der Waals surface area contributed by atoms with E-state index in [0.29, 0.717) is 0 Å². The Morgan fingerprint density at radius 1 is 1.11 bits per heavy atom. The standard InChI is InChI=1S/C21H23N5O/c1-14-9-10-20(22-12-14)26-16(3)11-18(17(26)4)13-23-25-21(27)24-19-8-6-5-7-15(19)2/h5-13H,1-4H3,(H2,24,25,27). The molecule has 0 aliphatic rings. The lowest BCUT2D eigenvalue weighted by atomic mass is 10.2. The normalized spacial score (nSPS) is 11.0. The Hall–Kier alpha value is -3.41. The first-order valence-electron chi connectivity index (χ1n) is 8.73. The number of anilines is 1. The Labute approximate surface area is 159 Å². The van der Waals surface area contributed by atoms with Gasteiger partial charge in [0.05, 0.1) is 6.21 Å². The van der Waals surface area contributed by atoms with Gasteiger partial charge in [0, 0.05) is 28.8 Å². The van der Waals surface area contributed by atoms with E-state index in [2.05, 4.69) is 25.4 Å². The van der Waals surface area contributed by atoms with Crippen LogP contribution in [0.15, 0.2) is 53.8 Å². The highest BCUT2D eigenvalue weighted by Gasteiger charge is 2.10. The van der Waals surface area contributed by atoms with E-state index in [9.17, 15) is 4.79 Å². The van der Waals surface area contributed by atoms with Crippen LogP contribution in [0.5, 0.6) is 0 Å². The highest BCUT2D eigenvalue weighted by molar-refractivity contribution is 5.91. The second-order valence-corrected chi connectivity index (χ2v) is 6.49. The minimum Gasteiger partial charge on any atom is -0.306 e. The summed E-state index contributed by atoms with van der Waals surface area (Å²) in [7, 11) is 0. The van der Waals surface area contributed by atoms with Crippen LogP contribution < -0.4 is 10.7 Å². The van der Waals surface area contributed by atoms with Crippen molar-refractivity contribution >= 4 is 17.9 Å². The molecule has 2 heterocycles. The summed E-state index contributed by atoms with van der Waals surface area (Å²) >= 11 is 0. The Kier molecular flexibility index (Phi) is 5.35. The Balaban J connectivity index is 1.71. The van der Waals surface area contributed by atoms with Crippen LogP contribution >= 0.6 is 0 Å². The molecule has 0 bridgehead atoms. The number of aromatic nitrogens is 2. The number of nitrogens with zero attached hydrogens (tertiary/aromatic N) is 3. The second-order valence-electron chi connectivity index (χ2n) is 6.49. The van der Waals surface area contributed by atoms with Crippen molar-refractivity contribution in [3.63, 3.8) is 0 Å². The van der Waals surface area contributed by atoms with E-state index >= 15 is 0 Å². The summed E-state index contributed by atoms with van der Waals surface area (Å²) in [6, 6.07) is 13.2. The molecule has 6 heteroatoms. The number of benzene rings is 1. The first-order valence-corrected chi connectivity index (χ1v) is 8.73. The fourth-order valence-electron chi connectivity index (χ4n) is 2.89. The molecule has 0 atom stereocenters. The van der Waals surface area contributed by atoms with Gasteiger partial charge in [-0.2, -0.15) is 5.10 Å². The molecule has 27 heavy (non-hydrogen) atoms. The van der Waals surface area contributed by atoms with E-state index in [-0.39, 0.29) is 6.03 Å². The number of rotatable bonds is 4. The Morgan fingerprint density at radius 3 is 2.59 bits per heavy atom. The Bertz CT molecular complexity index is 986. The first-order chi connectivity index (χ1) is 13.0. The number of nitrogens with one attached hydrogen (secondary N) is 2. The summed E-state index contributed by atoms with van der Waals surface area (Å²) in [5.74, 6) is 0.862. The molecule has 0 aliphatic carbocycles. The molecule has 2 aromatic heterocycles. The number of hydrogen-bond donors (Lipinski definition) is 2. The molecule has 3 rings (SSSR count). The maximum atomic E-state index is 12.0. The van der Waals surface area contributed by atoms with E-state index in [1.54, 1.807) is 6.21 Å². The van der Waals surface area contributed by atoms with Crippen molar-refractivity contribution in [1.29, 1.82) is 0 Å². The Morgan fingerprint density at radius 2 is 1.89 bits per heavy atom. The summed E-state index contributed by atoms with van der Waals surface area (Å²) in [6.07, 6.45) is 3.49. The SMILES string of the molecule is Cc1ccc(-n2c(C)cc(C=NNC(=O)Nc3ccccc3C)c2C)nc1. The molecule has 138 valence electrons. The molecule has 0 radical (unpaired) electrons. The van der Waals surface area contributed by atoms with Gasteiger partial charge in [-0.15, -0.1) is 0 Å². The zero-order valence-corrected chi connectivity index (χ0v) is 15.9. The van der Waals surface area contributed by atoms with Crippen molar-refractivity contribution in [2.75, 3.05) is 5.32 Å². The molecule has 2 amide bonds. The number of aryl methyl sites for hydroxylation is 3. The van der Waals surface area contributed by atoms with Crippen LogP contribution in [0.25, 0.3) is 5.82 Å². The van der Waals surface area contributed by atoms with Crippen molar-refractivity contribution in [2.45, 2.75) is 27.7 Å². The zero-order chi connectivity index (χ0) is 19.4. The van der Waals surface area contributed by atoms with Gasteiger partial charge in [-0.1, -0.05) is 24.3 Å². The summed E-state index contributed by atoms with van der Waals surface area (Å²) in [5.41, 5.74) is 8.35. The summed E-state index contributed by atoms with van der Waals surface area (Å²) in [6.45, 7) is 7.97. The van der Waals surface area contributed by atoms with Gasteiger partial charge < -0.3 is 9.88 Å². The van der Waals surface area contributed by atoms with E-state index in [1.165, 1.54) is 0 Å². The molecule has 0 aliphatic heterocycles. The second kappa shape index (κ2) is 7.86. The number of carbonyl (C=O) groups is 1. The van der Waals surface area contributed by atoms with Gasteiger partial charge in [0.2, 0.25) is 0 Å². The van der Waals surface area contributed by atoms with Crippen molar-refractivity contribution in [3.05, 3.63) is 76.7 Å². The topological polar surface area (TPSA) is 71.3 Å². The predicted octanol–water partition coefficient (Wildman–Crippen LogP) is 4.26. The molecule has 3 aromatic rings. The molecule has 0 spiro atoms. The smallest absolute Gasteiger partial charge is 0.306 e. The van der Waals surface area contributed by atoms with Crippen molar-refractivity contribution < 1.29 is 4.79 Å². The highest BCUT2D eigenvalue weighted by Crippen LogP contribution is 2.18. The lowest BCUT2D eigenvalue weighted by Gasteiger charge is -2.08. The minimum absolute atomic E-state index is 0.380. The summed E-state index contributed by atoms with van der Waals surface area (Å²) < 4.78 is 2.06. The van der Waals surface area contributed by atoms with Gasteiger partial charge in [-0.25, -0.2) is 15.2 Å². The van der Waals surface area contributed by atoms with Gasteiger partial charge in [0.25, 0.3) is 0 Å². The number of amides is 2. The monoisotopic (exact) mass is 361 g/mol. The predicted molar refractivity (Wildman–Crippen MR) is 109 cm³/mol. The lowest BCUT2D eigenvalue weighted by Crippen LogP contribution is -2.24. The third-order valence-corrected chi connectivity index (χ3v) is 4.36. The van der Waals surface area contributed by atoms with Crippen molar-refractivity contribution in [1.82, 2.24) is 15.0 Å². The molecule has 0 unspecified atom stereocenters. The van der Waals surface area contributed by atoms with E-state index < -0.39 is 0 Å². The van der Waals surface area contributed by atoms with Gasteiger partial charge in [0.1, 0.15) is 5.82 Å². The molecule has 2 N–H and O–H groups in total. The van der Waals surface area contributed by atoms with Crippen LogP contribution in [-0.2, 0) is 0 Å². The number of pyridine rings is 1. The average Bonchev–Trinajstić information content (AvgIpc) is 2.92. The largest absolute Gasteiger partial charge is 0.339 e. The molecular weight excluding hydrogens is 338 g/mol. The van der Waals surface area contributed by atoms with Crippen LogP contribution in [0.3, 0.4) is 0 Å². The van der Waals surface area contributed by atoms with E-state index in [4.69, 9.17) is 0 Å². The average molecular weight is 361 g/mol. The molecule has 6 nitrogen and oxygen atoms in total. The number of hydrogen-bond acceptors (Lipinski definition) is 3. The van der Waals surface area contributed by atoms with Gasteiger partial charge in [0.15, 0.2) is 0 Å². The quantitative estimate of drug-likeness (QED) is 0.538. The van der Waals surface area contributed by atoms with Gasteiger partial charge >= 0.3 is 6.03 Å². The molecule has 0 saturated carbocycles. The van der Waals surface area contributed by atoms with Gasteiger partial charge in [-0.3, -0.25) is 0 Å². The van der Waals surface area contributed by atoms with Gasteiger partial charge in [-0.05, 0) is 57.0 Å². The number of hydrazone groups is 1. The van der Waals surface area contributed by atoms with Crippen molar-refractivity contribution in [2.24, 2.45) is 5.10 Å². The molecule has 0 saturated heterocycles. The molecule has 0 fully saturated rings. The number of carbonyl (C=O) groups excluding carboxylic acids is 1. The third kappa shape index (κ3) is 4.23. The lowest BCUT2D eigenvalue weighted by molar-refractivity contribution is 0.252. The summed E-state index contributed by atoms with van der Waals surface area (Å²) in [5, 5.41) is 6.85. The van der Waals surface area contributed by atoms with Crippen molar-refractivity contribution in [3.8, 4) is 5.82 Å². The first kappa shape index (κ1) is 18.4. The van der Waals surface area contributed by atoms with Crippen LogP contribution in [0.4, 0.5) is 10.5 Å². The maximum Gasteiger partial charge on any atom is 0.339 e. The fraction of sp³-hybridized carbons (Fsp3) is 0.190. The van der Waals surface area contributed by atoms with Crippen LogP contribution in [0, 0.1) is 27.7 Å². The molecular formula is C21H23N5O. The maximum absolute atomic E-state index is 12.0. The van der Waals surface area contributed by atoms with E-state index in [0.717, 1.165) is 39.6 Å². The number of urea groups is 1. The number of para-hydroxylation sites is 1. The fourth-order valence-corrected chi connectivity index (χ4v) is 2.89. The van der Waals surface area contributed by atoms with Crippen LogP contribution in [-0.4, -0.2) is 21.8 Å². The zero-order valence-electron chi connectivity index (χ0n) is 15.9. The molecule has 1 aromatic carbocycles. The van der Waals surface area contributed by atoms with Crippen LogP contribution in [0.1, 0.15) is 28.1 Å². The van der Waals surface area contributed by atoms with E-state index in [1.807, 2.05) is 76.4 Å². The summed E-state index contributed by atoms with van der Waals surface area (Å²) in [4.78, 5) is 16.5. The highest BCUT2D eigenvalue weighted by atomic mass is 16.2. The minimum atomic E-state index is -0.380.